The molecule has 0 saturated carbocycles. The Labute approximate surface area is 410 Å². The summed E-state index contributed by atoms with van der Waals surface area (Å²) in [6, 6.07) is -8.51. The number of nitrogens with zero attached hydrogens (tertiary/aromatic N) is 5. The summed E-state index contributed by atoms with van der Waals surface area (Å²) in [7, 11) is 1.21. The summed E-state index contributed by atoms with van der Waals surface area (Å²) >= 11 is 0. The van der Waals surface area contributed by atoms with E-state index >= 15 is 4.79 Å². The Morgan fingerprint density at radius 1 is 0.971 bits per heavy atom. The maximum Gasteiger partial charge on any atom is 0.332 e. The van der Waals surface area contributed by atoms with Crippen LogP contribution in [0.1, 0.15) is 133 Å². The summed E-state index contributed by atoms with van der Waals surface area (Å²) in [5, 5.41) is 51.0. The van der Waals surface area contributed by atoms with E-state index < -0.39 is 132 Å². The molecule has 0 aromatic carbocycles. The van der Waals surface area contributed by atoms with Gasteiger partial charge in [0, 0.05) is 33.0 Å². The lowest BCUT2D eigenvalue weighted by atomic mass is 9.78. The molecule has 11 unspecified atom stereocenters. The minimum atomic E-state index is -2.75. The Balaban J connectivity index is 1.91. The molecule has 0 aliphatic carbocycles. The van der Waals surface area contributed by atoms with Crippen LogP contribution in [0.2, 0.25) is 0 Å². The Morgan fingerprint density at radius 2 is 1.63 bits per heavy atom. The number of aliphatic hydroxyl groups is 2. The largest absolute Gasteiger partial charge is 0.458 e. The van der Waals surface area contributed by atoms with Gasteiger partial charge in [-0.3, -0.25) is 49.0 Å². The number of nitrogens with one attached hydrogen (secondary N) is 2. The molecule has 4 heterocycles. The highest BCUT2D eigenvalue weighted by atomic mass is 16.7. The molecule has 11 atom stereocenters. The zero-order chi connectivity index (χ0) is 52.8. The van der Waals surface area contributed by atoms with E-state index in [2.05, 4.69) is 10.7 Å². The first-order valence-electron chi connectivity index (χ1n) is 24.8. The lowest BCUT2D eigenvalue weighted by Gasteiger charge is -2.48. The molecule has 70 heavy (non-hydrogen) atoms. The number of carbonyl (C=O) groups is 8. The smallest absolute Gasteiger partial charge is 0.332 e. The SMILES string of the molecule is CCCCC1C(=O)N(O)CC(=O)N2NCCCC2C(=O)N2CCC(C)(OC(=O)CN)C2C(=O)N(O)C(C(C)C)C(=O)OC(C(C)C)C(NC(=O)C(C)(O)C2(O)CCC(CC(C)C)C(CC)O2)C(=O)N1C. The maximum atomic E-state index is 15.1. The lowest BCUT2D eigenvalue weighted by Crippen LogP contribution is -2.69. The van der Waals surface area contributed by atoms with Crippen molar-refractivity contribution in [1.29, 1.82) is 0 Å². The summed E-state index contributed by atoms with van der Waals surface area (Å²) < 4.78 is 17.9. The van der Waals surface area contributed by atoms with E-state index in [1.54, 1.807) is 0 Å². The monoisotopic (exact) mass is 997 g/mol. The number of hydrogen-bond donors (Lipinski definition) is 7. The number of hydrogen-bond acceptors (Lipinski definition) is 17. The van der Waals surface area contributed by atoms with Crippen LogP contribution in [0.15, 0.2) is 0 Å². The first kappa shape index (κ1) is 58.1. The minimum Gasteiger partial charge on any atom is -0.458 e. The molecule has 0 bridgehead atoms. The van der Waals surface area contributed by atoms with Crippen LogP contribution in [0.25, 0.3) is 0 Å². The van der Waals surface area contributed by atoms with Crippen LogP contribution < -0.4 is 16.5 Å². The van der Waals surface area contributed by atoms with Crippen molar-refractivity contribution in [3.8, 4) is 0 Å². The number of hydroxylamine groups is 4. The molecule has 0 spiro atoms. The average Bonchev–Trinajstić information content (AvgIpc) is 3.64. The van der Waals surface area contributed by atoms with Gasteiger partial charge in [-0.15, -0.1) is 0 Å². The van der Waals surface area contributed by atoms with Gasteiger partial charge in [0.15, 0.2) is 17.7 Å². The number of carbonyl (C=O) groups excluding carboxylic acids is 8. The molecule has 4 rings (SSSR count). The van der Waals surface area contributed by atoms with Crippen LogP contribution in [-0.4, -0.2) is 186 Å². The quantitative estimate of drug-likeness (QED) is 0.0980. The number of esters is 2. The van der Waals surface area contributed by atoms with Crippen molar-refractivity contribution >= 4 is 47.4 Å². The second-order valence-corrected chi connectivity index (χ2v) is 20.8. The topological polar surface area (TPSA) is 311 Å². The Kier molecular flexibility index (Phi) is 19.7. The number of rotatable bonds is 13. The predicted octanol–water partition coefficient (Wildman–Crippen LogP) is 0.578. The van der Waals surface area contributed by atoms with E-state index in [1.165, 1.54) is 41.7 Å². The second kappa shape index (κ2) is 23.8. The molecule has 23 nitrogen and oxygen atoms in total. The van der Waals surface area contributed by atoms with Crippen molar-refractivity contribution in [3.05, 3.63) is 0 Å². The van der Waals surface area contributed by atoms with Gasteiger partial charge >= 0.3 is 11.9 Å². The number of unbranched alkanes of at least 4 members (excludes halogenated alkanes) is 1. The standard InChI is InChI=1S/C47H80N8O15/c1-12-14-16-30-40(59)53(66)25-33(56)54-31(17-15-21-49-54)39(58)52-22-20-45(9,70-34(57)24-48)38(52)42(61)55(67)36(27(5)6)43(62)68-37(28(7)8)35(41(60)51(30)11)50-44(63)46(10,64)47(65)19-18-29(23-26(3)4)32(13-2)69-47/h26-32,35-38,49,64-67H,12-25,48H2,1-11H3,(H,50,63). The van der Waals surface area contributed by atoms with E-state index in [1.807, 2.05) is 27.7 Å². The number of ether oxygens (including phenoxy) is 3. The van der Waals surface area contributed by atoms with Gasteiger partial charge in [-0.05, 0) is 76.0 Å². The third kappa shape index (κ3) is 12.4. The minimum absolute atomic E-state index is 0.00515. The van der Waals surface area contributed by atoms with Gasteiger partial charge in [0.25, 0.3) is 23.6 Å². The van der Waals surface area contributed by atoms with Crippen molar-refractivity contribution < 1.29 is 73.2 Å². The molecule has 8 N–H and O–H groups in total. The van der Waals surface area contributed by atoms with Gasteiger partial charge in [-0.1, -0.05) is 68.2 Å². The van der Waals surface area contributed by atoms with Gasteiger partial charge in [-0.25, -0.2) is 20.3 Å². The van der Waals surface area contributed by atoms with E-state index in [4.69, 9.17) is 19.9 Å². The molecule has 4 saturated heterocycles. The average molecular weight is 997 g/mol. The van der Waals surface area contributed by atoms with Crippen molar-refractivity contribution in [2.45, 2.75) is 193 Å². The molecule has 0 aromatic heterocycles. The summed E-state index contributed by atoms with van der Waals surface area (Å²) in [6.07, 6.45) is 0.194. The molecule has 4 fully saturated rings. The van der Waals surface area contributed by atoms with Gasteiger partial charge < -0.3 is 45.3 Å². The Morgan fingerprint density at radius 3 is 2.20 bits per heavy atom. The first-order chi connectivity index (χ1) is 32.6. The molecule has 4 aliphatic rings. The fourth-order valence-electron chi connectivity index (χ4n) is 10.2. The second-order valence-electron chi connectivity index (χ2n) is 20.8. The van der Waals surface area contributed by atoms with Crippen LogP contribution in [0.3, 0.4) is 0 Å². The third-order valence-electron chi connectivity index (χ3n) is 14.3. The van der Waals surface area contributed by atoms with Gasteiger partial charge in [0.1, 0.15) is 36.4 Å². The third-order valence-corrected chi connectivity index (χ3v) is 14.3. The van der Waals surface area contributed by atoms with Gasteiger partial charge in [0.2, 0.25) is 17.6 Å². The van der Waals surface area contributed by atoms with E-state index in [9.17, 15) is 54.2 Å². The summed E-state index contributed by atoms with van der Waals surface area (Å²) in [5.74, 6) is -12.8. The highest BCUT2D eigenvalue weighted by Crippen LogP contribution is 2.42. The van der Waals surface area contributed by atoms with Crippen LogP contribution >= 0.6 is 0 Å². The van der Waals surface area contributed by atoms with Crippen LogP contribution in [-0.2, 0) is 52.6 Å². The van der Waals surface area contributed by atoms with Crippen molar-refractivity contribution in [2.24, 2.45) is 29.4 Å². The molecular formula is C47H80N8O15. The Bertz CT molecular complexity index is 1920. The van der Waals surface area contributed by atoms with Gasteiger partial charge in [0.05, 0.1) is 12.6 Å². The van der Waals surface area contributed by atoms with E-state index in [0.717, 1.165) is 28.2 Å². The molecule has 6 amide bonds. The zero-order valence-corrected chi connectivity index (χ0v) is 42.8. The van der Waals surface area contributed by atoms with Crippen molar-refractivity contribution in [1.82, 2.24) is 35.7 Å². The summed E-state index contributed by atoms with van der Waals surface area (Å²) in [5.41, 5.74) is 3.83. The molecule has 23 heteroatoms. The summed E-state index contributed by atoms with van der Waals surface area (Å²) in [4.78, 5) is 117. The van der Waals surface area contributed by atoms with E-state index in [0.29, 0.717) is 32.1 Å². The molecule has 398 valence electrons. The summed E-state index contributed by atoms with van der Waals surface area (Å²) in [6.45, 7) is 14.5. The number of nitrogens with two attached hydrogens (primary N) is 1. The van der Waals surface area contributed by atoms with Crippen molar-refractivity contribution in [3.63, 3.8) is 0 Å². The predicted molar refractivity (Wildman–Crippen MR) is 248 cm³/mol. The molecule has 0 radical (unpaired) electrons. The lowest BCUT2D eigenvalue weighted by molar-refractivity contribution is -0.329. The van der Waals surface area contributed by atoms with E-state index in [-0.39, 0.29) is 60.7 Å². The van der Waals surface area contributed by atoms with Crippen LogP contribution in [0.4, 0.5) is 0 Å². The molecular weight excluding hydrogens is 917 g/mol. The van der Waals surface area contributed by atoms with Gasteiger partial charge in [-0.2, -0.15) is 0 Å². The fraction of sp³-hybridized carbons (Fsp3) is 0.830. The number of hydrazine groups is 1. The maximum absolute atomic E-state index is 15.1. The Hall–Kier alpha value is -4.52. The van der Waals surface area contributed by atoms with Crippen molar-refractivity contribution in [2.75, 3.05) is 33.2 Å². The fourth-order valence-corrected chi connectivity index (χ4v) is 10.2. The highest BCUT2D eigenvalue weighted by Gasteiger charge is 2.59. The number of fused-ring (bicyclic) bond motifs is 2. The normalized spacial score (nSPS) is 32.4. The number of amides is 6. The molecule has 4 aliphatic heterocycles. The number of likely N-dealkylation sites (N-methyl/N-ethyl adjacent to an activating group) is 1. The number of cyclic esters (lactones) is 1. The van der Waals surface area contributed by atoms with Crippen LogP contribution in [0.5, 0.6) is 0 Å². The zero-order valence-electron chi connectivity index (χ0n) is 42.8. The highest BCUT2D eigenvalue weighted by molar-refractivity contribution is 5.97. The van der Waals surface area contributed by atoms with Crippen LogP contribution in [0, 0.1) is 23.7 Å². The molecule has 0 aromatic rings. The first-order valence-corrected chi connectivity index (χ1v) is 24.8.